The van der Waals surface area contributed by atoms with Crippen LogP contribution in [0.2, 0.25) is 0 Å². The summed E-state index contributed by atoms with van der Waals surface area (Å²) in [5.41, 5.74) is 2.12. The van der Waals surface area contributed by atoms with Crippen LogP contribution < -0.4 is 9.47 Å². The van der Waals surface area contributed by atoms with Gasteiger partial charge in [0.15, 0.2) is 0 Å². The Hall–Kier alpha value is -2.57. The molecule has 182 valence electrons. The molecule has 8 nitrogen and oxygen atoms in total. The molecule has 4 rings (SSSR count). The molecule has 34 heavy (non-hydrogen) atoms. The molecule has 0 spiro atoms. The first-order chi connectivity index (χ1) is 16.2. The Balaban J connectivity index is 0.000000406. The lowest BCUT2D eigenvalue weighted by Gasteiger charge is -2.17. The summed E-state index contributed by atoms with van der Waals surface area (Å²) in [6, 6.07) is 11.0. The highest BCUT2D eigenvalue weighted by Crippen LogP contribution is 2.47. The van der Waals surface area contributed by atoms with Gasteiger partial charge in [0, 0.05) is 23.6 Å². The topological polar surface area (TPSA) is 114 Å². The highest BCUT2D eigenvalue weighted by Gasteiger charge is 2.24. The molecular formula is C23H26N2O6S3. The van der Waals surface area contributed by atoms with Crippen LogP contribution in [-0.2, 0) is 21.1 Å². The van der Waals surface area contributed by atoms with Gasteiger partial charge < -0.3 is 19.7 Å². The maximum Gasteiger partial charge on any atom is 0.262 e. The average molecular weight is 523 g/mol. The van der Waals surface area contributed by atoms with Crippen molar-refractivity contribution in [3.05, 3.63) is 58.6 Å². The van der Waals surface area contributed by atoms with Gasteiger partial charge in [0.25, 0.3) is 5.01 Å². The monoisotopic (exact) mass is 522 g/mol. The average Bonchev–Trinajstić information content (AvgIpc) is 3.29. The first-order valence-corrected chi connectivity index (χ1v) is 13.6. The number of phenolic OH excluding ortho intramolecular Hbond substituents is 2. The largest absolute Gasteiger partial charge is 0.726 e. The Morgan fingerprint density at radius 2 is 1.82 bits per heavy atom. The maximum atomic E-state index is 9.78. The molecule has 1 aromatic heterocycles. The number of allylic oxidation sites excluding steroid dienone is 2. The highest BCUT2D eigenvalue weighted by molar-refractivity contribution is 8.03. The van der Waals surface area contributed by atoms with Crippen molar-refractivity contribution >= 4 is 55.5 Å². The number of benzene rings is 2. The van der Waals surface area contributed by atoms with Gasteiger partial charge in [-0.25, -0.2) is 8.42 Å². The van der Waals surface area contributed by atoms with Crippen LogP contribution >= 0.6 is 23.1 Å². The number of aromatic hydroxyl groups is 2. The second kappa shape index (κ2) is 11.2. The molecule has 2 N–H and O–H groups in total. The standard InChI is InChI=1S/C21H20N2O2S2.C2H6O4S/c1-3-22-16-12-14(24)8-10-18(16)26-20(22)6-5-7-21-23(4-2)17-13-15(25)9-11-19(17)27-21;1-2-6-7(3,4)5/h5-13H,3-4H2,1-2H3,(H-,24,25);2H2,1H3,(H,3,4,5). The van der Waals surface area contributed by atoms with Gasteiger partial charge in [0.05, 0.1) is 23.4 Å². The molecule has 3 aromatic rings. The van der Waals surface area contributed by atoms with Crippen LogP contribution in [0.3, 0.4) is 0 Å². The van der Waals surface area contributed by atoms with Crippen molar-refractivity contribution in [2.24, 2.45) is 0 Å². The van der Waals surface area contributed by atoms with Crippen molar-refractivity contribution in [1.82, 2.24) is 0 Å². The smallest absolute Gasteiger partial charge is 0.262 e. The van der Waals surface area contributed by atoms with Crippen molar-refractivity contribution in [2.45, 2.75) is 32.2 Å². The summed E-state index contributed by atoms with van der Waals surface area (Å²) in [7, 11) is -4.42. The zero-order valence-corrected chi connectivity index (χ0v) is 21.4. The third-order valence-electron chi connectivity index (χ3n) is 4.80. The van der Waals surface area contributed by atoms with E-state index in [9.17, 15) is 23.2 Å². The molecule has 2 heterocycles. The number of nitrogens with zero attached hydrogens (tertiary/aromatic N) is 2. The maximum absolute atomic E-state index is 9.78. The summed E-state index contributed by atoms with van der Waals surface area (Å²) in [5, 5.41) is 21.9. The number of anilines is 1. The minimum absolute atomic E-state index is 0.0914. The predicted octanol–water partition coefficient (Wildman–Crippen LogP) is 4.59. The lowest BCUT2D eigenvalue weighted by molar-refractivity contribution is -0.665. The fourth-order valence-corrected chi connectivity index (χ4v) is 5.96. The molecular weight excluding hydrogens is 496 g/mol. The number of fused-ring (bicyclic) bond motifs is 2. The number of hydrogen-bond acceptors (Lipinski definition) is 9. The van der Waals surface area contributed by atoms with Gasteiger partial charge in [0.2, 0.25) is 15.9 Å². The Morgan fingerprint density at radius 1 is 1.12 bits per heavy atom. The summed E-state index contributed by atoms with van der Waals surface area (Å²) in [6.45, 7) is 7.25. The van der Waals surface area contributed by atoms with Crippen molar-refractivity contribution in [2.75, 3.05) is 18.1 Å². The Bertz CT molecular complexity index is 1330. The van der Waals surface area contributed by atoms with Gasteiger partial charge in [0.1, 0.15) is 22.7 Å². The molecule has 0 atom stereocenters. The van der Waals surface area contributed by atoms with Crippen LogP contribution in [0.15, 0.2) is 58.5 Å². The van der Waals surface area contributed by atoms with E-state index in [1.807, 2.05) is 24.3 Å². The molecule has 0 saturated carbocycles. The molecule has 0 radical (unpaired) electrons. The van der Waals surface area contributed by atoms with Crippen LogP contribution in [0.4, 0.5) is 5.69 Å². The van der Waals surface area contributed by atoms with Crippen LogP contribution in [0.5, 0.6) is 11.5 Å². The second-order valence-electron chi connectivity index (χ2n) is 7.01. The molecule has 0 bridgehead atoms. The van der Waals surface area contributed by atoms with Crippen molar-refractivity contribution < 1.29 is 31.9 Å². The Labute approximate surface area is 207 Å². The first-order valence-electron chi connectivity index (χ1n) is 10.6. The number of rotatable bonds is 6. The lowest BCUT2D eigenvalue weighted by Crippen LogP contribution is -2.33. The second-order valence-corrected chi connectivity index (χ2v) is 10.2. The van der Waals surface area contributed by atoms with E-state index in [-0.39, 0.29) is 6.61 Å². The number of thiazole rings is 1. The number of hydrogen-bond donors (Lipinski definition) is 2. The van der Waals surface area contributed by atoms with Crippen LogP contribution in [0.1, 0.15) is 25.8 Å². The van der Waals surface area contributed by atoms with Gasteiger partial charge in [-0.2, -0.15) is 4.57 Å². The minimum atomic E-state index is -4.42. The van der Waals surface area contributed by atoms with Gasteiger partial charge in [-0.3, -0.25) is 4.18 Å². The fourth-order valence-electron chi connectivity index (χ4n) is 3.44. The number of thioether (sulfide) groups is 1. The molecule has 0 aliphatic carbocycles. The van der Waals surface area contributed by atoms with E-state index in [4.69, 9.17) is 0 Å². The van der Waals surface area contributed by atoms with E-state index >= 15 is 0 Å². The predicted molar refractivity (Wildman–Crippen MR) is 135 cm³/mol. The van der Waals surface area contributed by atoms with E-state index in [1.54, 1.807) is 35.2 Å². The van der Waals surface area contributed by atoms with Crippen molar-refractivity contribution in [1.29, 1.82) is 0 Å². The number of aromatic nitrogens is 1. The van der Waals surface area contributed by atoms with E-state index in [2.05, 4.69) is 45.7 Å². The molecule has 0 unspecified atom stereocenters. The highest BCUT2D eigenvalue weighted by atomic mass is 32.3. The third kappa shape index (κ3) is 6.30. The summed E-state index contributed by atoms with van der Waals surface area (Å²) in [5.74, 6) is 0.587. The van der Waals surface area contributed by atoms with Gasteiger partial charge in [-0.15, -0.1) is 0 Å². The van der Waals surface area contributed by atoms with Gasteiger partial charge in [-0.1, -0.05) is 29.2 Å². The van der Waals surface area contributed by atoms with Crippen LogP contribution in [-0.4, -0.2) is 36.3 Å². The van der Waals surface area contributed by atoms with Crippen LogP contribution in [0, 0.1) is 0 Å². The lowest BCUT2D eigenvalue weighted by atomic mass is 10.2. The minimum Gasteiger partial charge on any atom is -0.726 e. The van der Waals surface area contributed by atoms with E-state index in [1.165, 1.54) is 6.92 Å². The normalized spacial score (nSPS) is 14.6. The zero-order valence-electron chi connectivity index (χ0n) is 19.0. The van der Waals surface area contributed by atoms with E-state index in [0.29, 0.717) is 11.5 Å². The number of aryl methyl sites for hydroxylation is 1. The zero-order chi connectivity index (χ0) is 24.9. The van der Waals surface area contributed by atoms with Gasteiger partial charge >= 0.3 is 0 Å². The molecule has 11 heteroatoms. The molecule has 0 amide bonds. The van der Waals surface area contributed by atoms with Crippen LogP contribution in [0.25, 0.3) is 16.3 Å². The third-order valence-corrected chi connectivity index (χ3v) is 7.59. The fraction of sp³-hybridized carbons (Fsp3) is 0.261. The summed E-state index contributed by atoms with van der Waals surface area (Å²) in [4.78, 5) is 3.37. The summed E-state index contributed by atoms with van der Waals surface area (Å²) in [6.07, 6.45) is 6.31. The Kier molecular flexibility index (Phi) is 8.61. The SMILES string of the molecule is CCN1/C(=C/C=C/c2sc3ccc(O)cc3[n+]2CC)Sc2ccc(O)cc21.CCOS(=O)(=O)[O-]. The molecule has 0 saturated heterocycles. The van der Waals surface area contributed by atoms with E-state index in [0.717, 1.165) is 43.9 Å². The van der Waals surface area contributed by atoms with E-state index < -0.39 is 10.4 Å². The van der Waals surface area contributed by atoms with Gasteiger partial charge in [-0.05, 0) is 51.1 Å². The summed E-state index contributed by atoms with van der Waals surface area (Å²) >= 11 is 3.44. The first kappa shape index (κ1) is 26.0. The molecule has 1 aliphatic rings. The van der Waals surface area contributed by atoms with Crippen molar-refractivity contribution in [3.8, 4) is 11.5 Å². The number of phenols is 2. The summed E-state index contributed by atoms with van der Waals surface area (Å²) < 4.78 is 35.4. The quantitative estimate of drug-likeness (QED) is 0.275. The van der Waals surface area contributed by atoms with Crippen molar-refractivity contribution in [3.63, 3.8) is 0 Å². The molecule has 1 aliphatic heterocycles. The molecule has 0 fully saturated rings. The molecule has 2 aromatic carbocycles. The Morgan fingerprint density at radius 3 is 2.44 bits per heavy atom.